The molecule has 24 heavy (non-hydrogen) atoms. The lowest BCUT2D eigenvalue weighted by Crippen LogP contribution is -2.46. The van der Waals surface area contributed by atoms with Gasteiger partial charge in [-0.2, -0.15) is 0 Å². The quantitative estimate of drug-likeness (QED) is 0.508. The van der Waals surface area contributed by atoms with E-state index in [1.54, 1.807) is 13.4 Å². The molecule has 2 N–H and O–H groups in total. The number of amides is 2. The highest BCUT2D eigenvalue weighted by molar-refractivity contribution is 6.35. The van der Waals surface area contributed by atoms with E-state index in [2.05, 4.69) is 15.5 Å². The lowest BCUT2D eigenvalue weighted by Gasteiger charge is -2.33. The molecule has 2 amide bonds. The van der Waals surface area contributed by atoms with E-state index in [9.17, 15) is 9.59 Å². The summed E-state index contributed by atoms with van der Waals surface area (Å²) in [5.74, 6) is -0.513. The Morgan fingerprint density at radius 3 is 2.71 bits per heavy atom. The van der Waals surface area contributed by atoms with Crippen LogP contribution in [0, 0.1) is 0 Å². The summed E-state index contributed by atoms with van der Waals surface area (Å²) in [5, 5.41) is 5.25. The average Bonchev–Trinajstić information content (AvgIpc) is 3.14. The Hall–Kier alpha value is -1.90. The van der Waals surface area contributed by atoms with Gasteiger partial charge < -0.3 is 24.5 Å². The molecule has 0 bridgehead atoms. The average molecular weight is 339 g/mol. The van der Waals surface area contributed by atoms with Gasteiger partial charge in [-0.3, -0.25) is 14.5 Å². The second-order valence-electron chi connectivity index (χ2n) is 5.49. The number of morpholine rings is 1. The highest BCUT2D eigenvalue weighted by atomic mass is 16.5. The predicted octanol–water partition coefficient (Wildman–Crippen LogP) is -0.0782. The SMILES string of the molecule is COCCCNC(=O)C(=O)NCC(c1ccco1)N1CCOCC1. The van der Waals surface area contributed by atoms with E-state index >= 15 is 0 Å². The van der Waals surface area contributed by atoms with Crippen molar-refractivity contribution in [1.29, 1.82) is 0 Å². The molecule has 0 aliphatic carbocycles. The number of rotatable bonds is 8. The number of hydrogen-bond donors (Lipinski definition) is 2. The molecular weight excluding hydrogens is 314 g/mol. The smallest absolute Gasteiger partial charge is 0.309 e. The second kappa shape index (κ2) is 10.1. The van der Waals surface area contributed by atoms with Crippen LogP contribution in [0.1, 0.15) is 18.2 Å². The van der Waals surface area contributed by atoms with E-state index in [4.69, 9.17) is 13.9 Å². The first-order valence-corrected chi connectivity index (χ1v) is 8.12. The molecule has 2 rings (SSSR count). The summed E-state index contributed by atoms with van der Waals surface area (Å²) in [6, 6.07) is 3.57. The van der Waals surface area contributed by atoms with Crippen molar-refractivity contribution in [2.45, 2.75) is 12.5 Å². The van der Waals surface area contributed by atoms with Crippen LogP contribution in [0.25, 0.3) is 0 Å². The van der Waals surface area contributed by atoms with E-state index in [0.717, 1.165) is 18.8 Å². The minimum absolute atomic E-state index is 0.117. The summed E-state index contributed by atoms with van der Waals surface area (Å²) in [6.45, 7) is 4.05. The van der Waals surface area contributed by atoms with E-state index < -0.39 is 11.8 Å². The van der Waals surface area contributed by atoms with Crippen LogP contribution in [-0.2, 0) is 19.1 Å². The molecule has 8 heteroatoms. The van der Waals surface area contributed by atoms with Crippen LogP contribution < -0.4 is 10.6 Å². The van der Waals surface area contributed by atoms with E-state index in [1.807, 2.05) is 12.1 Å². The maximum Gasteiger partial charge on any atom is 0.309 e. The largest absolute Gasteiger partial charge is 0.468 e. The molecule has 8 nitrogen and oxygen atoms in total. The summed E-state index contributed by atoms with van der Waals surface area (Å²) in [5.41, 5.74) is 0. The van der Waals surface area contributed by atoms with E-state index in [1.165, 1.54) is 0 Å². The molecule has 0 spiro atoms. The number of nitrogens with zero attached hydrogens (tertiary/aromatic N) is 1. The molecular formula is C16H25N3O5. The molecule has 1 fully saturated rings. The van der Waals surface area contributed by atoms with Gasteiger partial charge in [-0.1, -0.05) is 0 Å². The van der Waals surface area contributed by atoms with Crippen LogP contribution >= 0.6 is 0 Å². The fourth-order valence-electron chi connectivity index (χ4n) is 2.55. The van der Waals surface area contributed by atoms with Crippen molar-refractivity contribution in [3.8, 4) is 0 Å². The third kappa shape index (κ3) is 5.63. The Labute approximate surface area is 141 Å². The van der Waals surface area contributed by atoms with Gasteiger partial charge in [-0.15, -0.1) is 0 Å². The number of carbonyl (C=O) groups is 2. The first-order chi connectivity index (χ1) is 11.7. The summed E-state index contributed by atoms with van der Waals surface area (Å²) >= 11 is 0. The first kappa shape index (κ1) is 18.4. The molecule has 1 aliphatic rings. The Balaban J connectivity index is 1.83. The molecule has 1 atom stereocenters. The minimum Gasteiger partial charge on any atom is -0.468 e. The van der Waals surface area contributed by atoms with Crippen LogP contribution in [0.15, 0.2) is 22.8 Å². The third-order valence-electron chi connectivity index (χ3n) is 3.83. The van der Waals surface area contributed by atoms with Gasteiger partial charge in [0.25, 0.3) is 0 Å². The highest BCUT2D eigenvalue weighted by Gasteiger charge is 2.26. The number of hydrogen-bond acceptors (Lipinski definition) is 6. The van der Waals surface area contributed by atoms with Gasteiger partial charge in [0, 0.05) is 39.9 Å². The van der Waals surface area contributed by atoms with Crippen molar-refractivity contribution < 1.29 is 23.5 Å². The lowest BCUT2D eigenvalue weighted by atomic mass is 10.1. The van der Waals surface area contributed by atoms with Gasteiger partial charge in [0.1, 0.15) is 5.76 Å². The third-order valence-corrected chi connectivity index (χ3v) is 3.83. The van der Waals surface area contributed by atoms with Crippen LogP contribution in [0.5, 0.6) is 0 Å². The van der Waals surface area contributed by atoms with Crippen LogP contribution in [-0.4, -0.2) is 69.8 Å². The Bertz CT molecular complexity index is 500. The maximum absolute atomic E-state index is 11.9. The molecule has 0 aromatic carbocycles. The van der Waals surface area contributed by atoms with Crippen LogP contribution in [0.3, 0.4) is 0 Å². The zero-order valence-corrected chi connectivity index (χ0v) is 14.0. The predicted molar refractivity (Wildman–Crippen MR) is 86.4 cm³/mol. The summed E-state index contributed by atoms with van der Waals surface area (Å²) in [7, 11) is 1.59. The van der Waals surface area contributed by atoms with Gasteiger partial charge in [-0.05, 0) is 18.6 Å². The number of ether oxygens (including phenoxy) is 2. The Kier molecular flexibility index (Phi) is 7.73. The Morgan fingerprint density at radius 2 is 2.04 bits per heavy atom. The monoisotopic (exact) mass is 339 g/mol. The van der Waals surface area contributed by atoms with Crippen molar-refractivity contribution >= 4 is 11.8 Å². The zero-order valence-electron chi connectivity index (χ0n) is 14.0. The normalized spacial score (nSPS) is 16.5. The molecule has 1 saturated heterocycles. The molecule has 134 valence electrons. The molecule has 1 aromatic heterocycles. The van der Waals surface area contributed by atoms with Gasteiger partial charge >= 0.3 is 11.8 Å². The number of furan rings is 1. The fraction of sp³-hybridized carbons (Fsp3) is 0.625. The maximum atomic E-state index is 11.9. The van der Waals surface area contributed by atoms with Crippen LogP contribution in [0.4, 0.5) is 0 Å². The minimum atomic E-state index is -0.641. The molecule has 1 unspecified atom stereocenters. The summed E-state index contributed by atoms with van der Waals surface area (Å²) < 4.78 is 15.7. The molecule has 0 saturated carbocycles. The molecule has 0 radical (unpaired) electrons. The molecule has 1 aromatic rings. The highest BCUT2D eigenvalue weighted by Crippen LogP contribution is 2.21. The number of methoxy groups -OCH3 is 1. The van der Waals surface area contributed by atoms with Gasteiger partial charge in [0.05, 0.1) is 25.5 Å². The van der Waals surface area contributed by atoms with E-state index in [0.29, 0.717) is 39.3 Å². The van der Waals surface area contributed by atoms with Crippen molar-refractivity contribution in [2.24, 2.45) is 0 Å². The van der Waals surface area contributed by atoms with Crippen molar-refractivity contribution in [3.05, 3.63) is 24.2 Å². The fourth-order valence-corrected chi connectivity index (χ4v) is 2.55. The van der Waals surface area contributed by atoms with Gasteiger partial charge in [-0.25, -0.2) is 0 Å². The topological polar surface area (TPSA) is 93.0 Å². The van der Waals surface area contributed by atoms with Crippen molar-refractivity contribution in [1.82, 2.24) is 15.5 Å². The van der Waals surface area contributed by atoms with Gasteiger partial charge in [0.15, 0.2) is 0 Å². The zero-order chi connectivity index (χ0) is 17.2. The summed E-state index contributed by atoms with van der Waals surface area (Å²) in [4.78, 5) is 25.9. The molecule has 2 heterocycles. The van der Waals surface area contributed by atoms with E-state index in [-0.39, 0.29) is 6.04 Å². The Morgan fingerprint density at radius 1 is 1.29 bits per heavy atom. The van der Waals surface area contributed by atoms with Crippen LogP contribution in [0.2, 0.25) is 0 Å². The second-order valence-corrected chi connectivity index (χ2v) is 5.49. The summed E-state index contributed by atoms with van der Waals surface area (Å²) in [6.07, 6.45) is 2.27. The van der Waals surface area contributed by atoms with Gasteiger partial charge in [0.2, 0.25) is 0 Å². The number of nitrogens with one attached hydrogen (secondary N) is 2. The standard InChI is InChI=1S/C16H25N3O5/c1-22-8-3-5-17-15(20)16(21)18-12-13(14-4-2-9-24-14)19-6-10-23-11-7-19/h2,4,9,13H,3,5-8,10-12H2,1H3,(H,17,20)(H,18,21). The molecule has 1 aliphatic heterocycles. The van der Waals surface area contributed by atoms with Crippen molar-refractivity contribution in [3.63, 3.8) is 0 Å². The number of carbonyl (C=O) groups excluding carboxylic acids is 2. The van der Waals surface area contributed by atoms with Crippen molar-refractivity contribution in [2.75, 3.05) is 53.1 Å². The first-order valence-electron chi connectivity index (χ1n) is 8.12. The lowest BCUT2D eigenvalue weighted by molar-refractivity contribution is -0.139.